The van der Waals surface area contributed by atoms with E-state index in [0.29, 0.717) is 4.90 Å². The van der Waals surface area contributed by atoms with Gasteiger partial charge in [-0.25, -0.2) is 4.90 Å². The highest BCUT2D eigenvalue weighted by molar-refractivity contribution is 5.77. The summed E-state index contributed by atoms with van der Waals surface area (Å²) in [6, 6.07) is 0. The molecule has 0 aromatic carbocycles. The summed E-state index contributed by atoms with van der Waals surface area (Å²) < 4.78 is 35.9. The molecule has 0 bridgehead atoms. The molecule has 1 atom stereocenters. The van der Waals surface area contributed by atoms with Gasteiger partial charge in [-0.1, -0.05) is 0 Å². The van der Waals surface area contributed by atoms with E-state index in [1.165, 1.54) is 0 Å². The van der Waals surface area contributed by atoms with Gasteiger partial charge in [-0.15, -0.1) is 0 Å². The fourth-order valence-corrected chi connectivity index (χ4v) is 1.22. The Kier molecular flexibility index (Phi) is 2.27. The van der Waals surface area contributed by atoms with Gasteiger partial charge in [-0.3, -0.25) is 4.79 Å². The summed E-state index contributed by atoms with van der Waals surface area (Å²) >= 11 is 0. The van der Waals surface area contributed by atoms with Crippen LogP contribution in [0.5, 0.6) is 0 Å². The van der Waals surface area contributed by atoms with Crippen molar-refractivity contribution in [3.8, 4) is 0 Å². The molecule has 1 fully saturated rings. The first kappa shape index (κ1) is 9.31. The number of nitrogens with two attached hydrogens (primary N) is 1. The zero-order chi connectivity index (χ0) is 9.35. The number of hydrogen-bond donors (Lipinski definition) is 1. The van der Waals surface area contributed by atoms with E-state index in [9.17, 15) is 18.0 Å². The topological polar surface area (TPSA) is 46.3 Å². The summed E-state index contributed by atoms with van der Waals surface area (Å²) in [6.07, 6.45) is -4.13. The van der Waals surface area contributed by atoms with Crippen molar-refractivity contribution in [1.82, 2.24) is 4.90 Å². The maximum Gasteiger partial charge on any atom is 0.459 e. The second-order valence-electron chi connectivity index (χ2n) is 2.80. The molecular formula is C6H9F3N2O. The van der Waals surface area contributed by atoms with E-state index in [-0.39, 0.29) is 19.5 Å². The van der Waals surface area contributed by atoms with Crippen LogP contribution in [0.2, 0.25) is 0 Å². The zero-order valence-corrected chi connectivity index (χ0v) is 6.27. The molecule has 1 aliphatic heterocycles. The first-order chi connectivity index (χ1) is 5.41. The summed E-state index contributed by atoms with van der Waals surface area (Å²) in [5.74, 6) is -1.30. The van der Waals surface area contributed by atoms with Crippen LogP contribution in [0.4, 0.5) is 13.2 Å². The van der Waals surface area contributed by atoms with Crippen LogP contribution in [0.1, 0.15) is 6.42 Å². The largest absolute Gasteiger partial charge is 0.459 e. The van der Waals surface area contributed by atoms with Crippen molar-refractivity contribution in [2.75, 3.05) is 13.1 Å². The van der Waals surface area contributed by atoms with Gasteiger partial charge >= 0.3 is 6.30 Å². The summed E-state index contributed by atoms with van der Waals surface area (Å²) in [6.45, 7) is -0.421. The molecular weight excluding hydrogens is 173 g/mol. The van der Waals surface area contributed by atoms with Gasteiger partial charge in [0.1, 0.15) is 0 Å². The Balaban J connectivity index is 2.51. The predicted octanol–water partition coefficient (Wildman–Crippen LogP) is 0.313. The van der Waals surface area contributed by atoms with E-state index in [2.05, 4.69) is 0 Å². The summed E-state index contributed by atoms with van der Waals surface area (Å²) in [7, 11) is 0. The highest BCUT2D eigenvalue weighted by Crippen LogP contribution is 2.28. The van der Waals surface area contributed by atoms with Gasteiger partial charge in [0.15, 0.2) is 0 Å². The third-order valence-electron chi connectivity index (χ3n) is 1.95. The minimum atomic E-state index is -4.33. The third kappa shape index (κ3) is 1.88. The summed E-state index contributed by atoms with van der Waals surface area (Å²) in [4.78, 5) is 10.8. The molecule has 0 aromatic rings. The molecule has 0 spiro atoms. The number of primary amides is 1. The number of likely N-dealkylation sites (tertiary alicyclic amines) is 1. The zero-order valence-electron chi connectivity index (χ0n) is 6.27. The Hall–Kier alpha value is -0.780. The fourth-order valence-electron chi connectivity index (χ4n) is 1.22. The number of nitrogens with zero attached hydrogens (tertiary/aromatic N) is 1. The molecule has 2 N–H and O–H groups in total. The van der Waals surface area contributed by atoms with Crippen molar-refractivity contribution in [2.45, 2.75) is 12.7 Å². The lowest BCUT2D eigenvalue weighted by molar-refractivity contribution is -0.238. The van der Waals surface area contributed by atoms with Crippen LogP contribution in [-0.4, -0.2) is 30.2 Å². The monoisotopic (exact) mass is 182 g/mol. The Morgan fingerprint density at radius 2 is 2.08 bits per heavy atom. The average molecular weight is 182 g/mol. The van der Waals surface area contributed by atoms with E-state index < -0.39 is 18.1 Å². The Morgan fingerprint density at radius 1 is 1.50 bits per heavy atom. The predicted molar refractivity (Wildman–Crippen MR) is 34.9 cm³/mol. The van der Waals surface area contributed by atoms with Crippen molar-refractivity contribution in [3.63, 3.8) is 0 Å². The molecule has 1 amide bonds. The van der Waals surface area contributed by atoms with E-state index in [1.807, 2.05) is 0 Å². The normalized spacial score (nSPS) is 26.1. The van der Waals surface area contributed by atoms with E-state index in [0.717, 1.165) is 0 Å². The van der Waals surface area contributed by atoms with Gasteiger partial charge in [-0.2, -0.15) is 13.2 Å². The molecule has 6 heteroatoms. The van der Waals surface area contributed by atoms with Crippen molar-refractivity contribution in [2.24, 2.45) is 11.7 Å². The SMILES string of the molecule is NC(=O)C1CCN(C(F)(F)F)C1. The van der Waals surface area contributed by atoms with Gasteiger partial charge in [0.25, 0.3) is 0 Å². The van der Waals surface area contributed by atoms with Gasteiger partial charge in [0.05, 0.1) is 5.92 Å². The fraction of sp³-hybridized carbons (Fsp3) is 0.833. The molecule has 0 aliphatic carbocycles. The maximum atomic E-state index is 12.0. The average Bonchev–Trinajstić information content (AvgIpc) is 2.30. The van der Waals surface area contributed by atoms with Crippen LogP contribution in [0.3, 0.4) is 0 Å². The Morgan fingerprint density at radius 3 is 2.33 bits per heavy atom. The van der Waals surface area contributed by atoms with Gasteiger partial charge in [0.2, 0.25) is 5.91 Å². The lowest BCUT2D eigenvalue weighted by Crippen LogP contribution is -2.37. The molecule has 12 heavy (non-hydrogen) atoms. The van der Waals surface area contributed by atoms with Crippen LogP contribution < -0.4 is 5.73 Å². The second kappa shape index (κ2) is 2.93. The van der Waals surface area contributed by atoms with Crippen molar-refractivity contribution in [1.29, 1.82) is 0 Å². The van der Waals surface area contributed by atoms with Crippen LogP contribution in [-0.2, 0) is 4.79 Å². The van der Waals surface area contributed by atoms with E-state index in [4.69, 9.17) is 5.73 Å². The number of halogens is 3. The number of rotatable bonds is 1. The molecule has 0 radical (unpaired) electrons. The van der Waals surface area contributed by atoms with Crippen molar-refractivity contribution in [3.05, 3.63) is 0 Å². The van der Waals surface area contributed by atoms with E-state index in [1.54, 1.807) is 0 Å². The number of carbonyl (C=O) groups is 1. The van der Waals surface area contributed by atoms with Gasteiger partial charge < -0.3 is 5.73 Å². The smallest absolute Gasteiger partial charge is 0.369 e. The summed E-state index contributed by atoms with van der Waals surface area (Å²) in [5.41, 5.74) is 4.87. The molecule has 1 rings (SSSR count). The molecule has 0 aromatic heterocycles. The Labute approximate surface area is 67.3 Å². The molecule has 1 heterocycles. The number of carbonyl (C=O) groups excluding carboxylic acids is 1. The second-order valence-corrected chi connectivity index (χ2v) is 2.80. The van der Waals surface area contributed by atoms with Crippen molar-refractivity contribution < 1.29 is 18.0 Å². The van der Waals surface area contributed by atoms with Gasteiger partial charge in [-0.05, 0) is 6.42 Å². The standard InChI is InChI=1S/C6H9F3N2O/c7-6(8,9)11-2-1-4(3-11)5(10)12/h4H,1-3H2,(H2,10,12). The number of alkyl halides is 3. The first-order valence-corrected chi connectivity index (χ1v) is 3.52. The molecule has 1 unspecified atom stereocenters. The highest BCUT2D eigenvalue weighted by atomic mass is 19.4. The van der Waals surface area contributed by atoms with Crippen LogP contribution >= 0.6 is 0 Å². The molecule has 1 aliphatic rings. The number of amides is 1. The van der Waals surface area contributed by atoms with Crippen LogP contribution in [0.25, 0.3) is 0 Å². The Bertz CT molecular complexity index is 192. The lowest BCUT2D eigenvalue weighted by atomic mass is 10.1. The molecule has 70 valence electrons. The summed E-state index contributed by atoms with van der Waals surface area (Å²) in [5, 5.41) is 0. The highest BCUT2D eigenvalue weighted by Gasteiger charge is 2.42. The minimum Gasteiger partial charge on any atom is -0.369 e. The van der Waals surface area contributed by atoms with Gasteiger partial charge in [0, 0.05) is 13.1 Å². The third-order valence-corrected chi connectivity index (χ3v) is 1.95. The maximum absolute atomic E-state index is 12.0. The first-order valence-electron chi connectivity index (χ1n) is 3.52. The van der Waals surface area contributed by atoms with Crippen LogP contribution in [0.15, 0.2) is 0 Å². The molecule has 1 saturated heterocycles. The number of hydrogen-bond acceptors (Lipinski definition) is 2. The van der Waals surface area contributed by atoms with E-state index >= 15 is 0 Å². The van der Waals surface area contributed by atoms with Crippen molar-refractivity contribution >= 4 is 5.91 Å². The lowest BCUT2D eigenvalue weighted by Gasteiger charge is -2.18. The van der Waals surface area contributed by atoms with Crippen LogP contribution in [0, 0.1) is 5.92 Å². The minimum absolute atomic E-state index is 0.128. The quantitative estimate of drug-likeness (QED) is 0.593. The molecule has 0 saturated carbocycles. The molecule has 3 nitrogen and oxygen atoms in total.